The molecule has 3 aromatic rings. The molecule has 4 rings (SSSR count). The van der Waals surface area contributed by atoms with Gasteiger partial charge in [-0.25, -0.2) is 16.8 Å². The molecule has 0 radical (unpaired) electrons. The summed E-state index contributed by atoms with van der Waals surface area (Å²) in [6.07, 6.45) is 1.56. The standard InChI is InChI=1S/C24H30N4O8S3/c1-38(33,34)27-18-13-16(7-10-19(18)29)20(30)14-25-22-4-2-3-11-28(22)39(35,36)17-8-5-15(6-9-17)12-21-23(31)26-24(32)37-21/h5-10,13,20,22,25,27,29-31H,2-4,11-12,14H2,1H3,(H,26,32)/t20-,22?/m0/s1. The number of aliphatic hydroxyl groups is 1. The number of phenolic OH excluding ortho intramolecular Hbond substituents is 1. The SMILES string of the molecule is CS(=O)(=O)Nc1cc([C@@H](O)CNC2CCCCN2S(=O)(=O)c2ccc(Cc3sc(=O)[nH]c3O)cc2)ccc1O. The van der Waals surface area contributed by atoms with Crippen LogP contribution in [0.5, 0.6) is 11.6 Å². The van der Waals surface area contributed by atoms with Crippen LogP contribution >= 0.6 is 11.3 Å². The van der Waals surface area contributed by atoms with Gasteiger partial charge in [-0.3, -0.25) is 19.8 Å². The van der Waals surface area contributed by atoms with Gasteiger partial charge < -0.3 is 15.3 Å². The molecule has 0 amide bonds. The normalized spacial score (nSPS) is 17.6. The van der Waals surface area contributed by atoms with E-state index in [1.54, 1.807) is 12.1 Å². The molecule has 15 heteroatoms. The van der Waals surface area contributed by atoms with E-state index in [0.717, 1.165) is 29.6 Å². The van der Waals surface area contributed by atoms with E-state index in [4.69, 9.17) is 0 Å². The summed E-state index contributed by atoms with van der Waals surface area (Å²) in [7, 11) is -7.52. The number of phenols is 1. The number of aromatic amines is 1. The van der Waals surface area contributed by atoms with Gasteiger partial charge >= 0.3 is 4.87 Å². The number of anilines is 1. The number of thiazole rings is 1. The molecule has 212 valence electrons. The number of nitrogens with zero attached hydrogens (tertiary/aromatic N) is 1. The Morgan fingerprint density at radius 1 is 1.10 bits per heavy atom. The third-order valence-electron chi connectivity index (χ3n) is 6.30. The highest BCUT2D eigenvalue weighted by Crippen LogP contribution is 2.29. The van der Waals surface area contributed by atoms with Gasteiger partial charge in [0.05, 0.1) is 34.0 Å². The van der Waals surface area contributed by atoms with Gasteiger partial charge in [0.2, 0.25) is 25.9 Å². The van der Waals surface area contributed by atoms with Gasteiger partial charge in [0, 0.05) is 19.5 Å². The summed E-state index contributed by atoms with van der Waals surface area (Å²) >= 11 is 0.893. The lowest BCUT2D eigenvalue weighted by molar-refractivity contribution is 0.143. The molecule has 2 atom stereocenters. The van der Waals surface area contributed by atoms with Gasteiger partial charge in [-0.05, 0) is 54.7 Å². The van der Waals surface area contributed by atoms with Gasteiger partial charge in [0.15, 0.2) is 0 Å². The molecule has 1 saturated heterocycles. The summed E-state index contributed by atoms with van der Waals surface area (Å²) in [4.78, 5) is 13.9. The lowest BCUT2D eigenvalue weighted by atomic mass is 10.1. The summed E-state index contributed by atoms with van der Waals surface area (Å²) in [6, 6.07) is 10.3. The molecule has 0 aliphatic carbocycles. The molecule has 12 nitrogen and oxygen atoms in total. The van der Waals surface area contributed by atoms with Gasteiger partial charge in [0.25, 0.3) is 0 Å². The van der Waals surface area contributed by atoms with Crippen molar-refractivity contribution < 1.29 is 32.2 Å². The number of aromatic nitrogens is 1. The first-order valence-corrected chi connectivity index (χ1v) is 16.2. The number of sulfonamides is 2. The maximum Gasteiger partial charge on any atom is 0.307 e. The fourth-order valence-corrected chi connectivity index (χ4v) is 7.33. The second kappa shape index (κ2) is 11.7. The summed E-state index contributed by atoms with van der Waals surface area (Å²) in [6.45, 7) is 0.284. The number of nitrogens with one attached hydrogen (secondary N) is 3. The van der Waals surface area contributed by atoms with Crippen molar-refractivity contribution in [2.45, 2.75) is 42.8 Å². The van der Waals surface area contributed by atoms with Crippen LogP contribution in [-0.4, -0.2) is 67.0 Å². The largest absolute Gasteiger partial charge is 0.506 e. The van der Waals surface area contributed by atoms with E-state index in [1.165, 1.54) is 34.6 Å². The van der Waals surface area contributed by atoms with Crippen LogP contribution in [0, 0.1) is 0 Å². The van der Waals surface area contributed by atoms with Crippen molar-refractivity contribution in [3.05, 3.63) is 68.1 Å². The molecular weight excluding hydrogens is 568 g/mol. The monoisotopic (exact) mass is 598 g/mol. The Morgan fingerprint density at radius 2 is 1.82 bits per heavy atom. The number of hydrogen-bond acceptors (Lipinski definition) is 10. The number of benzene rings is 2. The van der Waals surface area contributed by atoms with Crippen LogP contribution < -0.4 is 14.9 Å². The van der Waals surface area contributed by atoms with Crippen LogP contribution in [0.25, 0.3) is 0 Å². The molecule has 2 aromatic carbocycles. The molecular formula is C24H30N4O8S3. The van der Waals surface area contributed by atoms with Crippen molar-refractivity contribution >= 4 is 37.1 Å². The first-order valence-electron chi connectivity index (χ1n) is 12.1. The fourth-order valence-electron chi connectivity index (χ4n) is 4.38. The predicted octanol–water partition coefficient (Wildman–Crippen LogP) is 1.63. The number of aromatic hydroxyl groups is 2. The first kappa shape index (κ1) is 29.0. The topological polar surface area (TPSA) is 189 Å². The van der Waals surface area contributed by atoms with Crippen molar-refractivity contribution in [1.29, 1.82) is 0 Å². The predicted molar refractivity (Wildman–Crippen MR) is 147 cm³/mol. The van der Waals surface area contributed by atoms with Crippen molar-refractivity contribution in [2.75, 3.05) is 24.1 Å². The second-order valence-electron chi connectivity index (χ2n) is 9.31. The molecule has 1 fully saturated rings. The molecule has 39 heavy (non-hydrogen) atoms. The molecule has 1 aromatic heterocycles. The first-order chi connectivity index (χ1) is 18.3. The lowest BCUT2D eigenvalue weighted by Gasteiger charge is -2.35. The Morgan fingerprint density at radius 3 is 2.46 bits per heavy atom. The lowest BCUT2D eigenvalue weighted by Crippen LogP contribution is -2.52. The van der Waals surface area contributed by atoms with Crippen LogP contribution in [0.2, 0.25) is 0 Å². The zero-order chi connectivity index (χ0) is 28.4. The maximum absolute atomic E-state index is 13.5. The van der Waals surface area contributed by atoms with Crippen molar-refractivity contribution in [2.24, 2.45) is 0 Å². The number of rotatable bonds is 10. The molecule has 0 bridgehead atoms. The minimum absolute atomic E-state index is 0.0122. The Kier molecular flexibility index (Phi) is 8.68. The minimum Gasteiger partial charge on any atom is -0.506 e. The summed E-state index contributed by atoms with van der Waals surface area (Å²) in [5, 5.41) is 33.6. The Labute approximate surface area is 230 Å². The maximum atomic E-state index is 13.5. The van der Waals surface area contributed by atoms with Crippen molar-refractivity contribution in [1.82, 2.24) is 14.6 Å². The second-order valence-corrected chi connectivity index (χ2v) is 14.0. The molecule has 0 saturated carbocycles. The van der Waals surface area contributed by atoms with E-state index in [-0.39, 0.29) is 40.1 Å². The van der Waals surface area contributed by atoms with Gasteiger partial charge in [-0.15, -0.1) is 0 Å². The number of hydrogen-bond donors (Lipinski definition) is 6. The molecule has 0 spiro atoms. The summed E-state index contributed by atoms with van der Waals surface area (Å²) in [5.41, 5.74) is 1.00. The van der Waals surface area contributed by atoms with E-state index in [0.29, 0.717) is 29.8 Å². The average molecular weight is 599 g/mol. The summed E-state index contributed by atoms with van der Waals surface area (Å²) in [5.74, 6) is -0.484. The average Bonchev–Trinajstić information content (AvgIpc) is 3.19. The van der Waals surface area contributed by atoms with E-state index in [2.05, 4.69) is 15.0 Å². The van der Waals surface area contributed by atoms with E-state index < -0.39 is 32.3 Å². The Bertz CT molecular complexity index is 1580. The van der Waals surface area contributed by atoms with Crippen molar-refractivity contribution in [3.8, 4) is 11.6 Å². The van der Waals surface area contributed by atoms with E-state index in [1.807, 2.05) is 0 Å². The van der Waals surface area contributed by atoms with Crippen LogP contribution in [0.1, 0.15) is 41.4 Å². The summed E-state index contributed by atoms with van der Waals surface area (Å²) < 4.78 is 53.7. The highest BCUT2D eigenvalue weighted by Gasteiger charge is 2.33. The van der Waals surface area contributed by atoms with Crippen molar-refractivity contribution in [3.63, 3.8) is 0 Å². The van der Waals surface area contributed by atoms with Crippen LogP contribution in [0.15, 0.2) is 52.2 Å². The molecule has 1 aliphatic heterocycles. The van der Waals surface area contributed by atoms with Crippen LogP contribution in [0.3, 0.4) is 0 Å². The highest BCUT2D eigenvalue weighted by molar-refractivity contribution is 7.92. The Balaban J connectivity index is 1.45. The molecule has 1 unspecified atom stereocenters. The number of piperidine rings is 1. The highest BCUT2D eigenvalue weighted by atomic mass is 32.2. The fraction of sp³-hybridized carbons (Fsp3) is 0.375. The smallest absolute Gasteiger partial charge is 0.307 e. The Hall–Kier alpha value is -2.95. The van der Waals surface area contributed by atoms with Gasteiger partial charge in [-0.2, -0.15) is 4.31 Å². The molecule has 6 N–H and O–H groups in total. The molecule has 1 aliphatic rings. The van der Waals surface area contributed by atoms with Gasteiger partial charge in [-0.1, -0.05) is 29.5 Å². The van der Waals surface area contributed by atoms with Crippen LogP contribution in [0.4, 0.5) is 5.69 Å². The minimum atomic E-state index is -3.87. The third kappa shape index (κ3) is 7.17. The number of H-pyrrole nitrogens is 1. The zero-order valence-electron chi connectivity index (χ0n) is 21.0. The van der Waals surface area contributed by atoms with E-state index >= 15 is 0 Å². The van der Waals surface area contributed by atoms with Gasteiger partial charge in [0.1, 0.15) is 5.75 Å². The van der Waals surface area contributed by atoms with Crippen LogP contribution in [-0.2, 0) is 26.5 Å². The zero-order valence-corrected chi connectivity index (χ0v) is 23.4. The molecule has 2 heterocycles. The number of aliphatic hydroxyl groups excluding tert-OH is 1. The third-order valence-corrected chi connectivity index (χ3v) is 9.68. The van der Waals surface area contributed by atoms with E-state index in [9.17, 15) is 36.9 Å². The quantitative estimate of drug-likeness (QED) is 0.188.